The Morgan fingerprint density at radius 1 is 1.32 bits per heavy atom. The van der Waals surface area contributed by atoms with Gasteiger partial charge in [-0.2, -0.15) is 0 Å². The van der Waals surface area contributed by atoms with Crippen molar-refractivity contribution in [3.63, 3.8) is 0 Å². The molecule has 102 valence electrons. The van der Waals surface area contributed by atoms with Gasteiger partial charge in [0.25, 0.3) is 5.22 Å². The SMILES string of the molecule is Cc1nnc(SCCCOc2ccccc2CN)o1. The summed E-state index contributed by atoms with van der Waals surface area (Å²) in [4.78, 5) is 0. The van der Waals surface area contributed by atoms with Crippen LogP contribution in [-0.2, 0) is 6.54 Å². The van der Waals surface area contributed by atoms with E-state index in [1.54, 1.807) is 18.7 Å². The van der Waals surface area contributed by atoms with E-state index in [1.807, 2.05) is 24.3 Å². The highest BCUT2D eigenvalue weighted by molar-refractivity contribution is 7.99. The molecule has 0 amide bonds. The first kappa shape index (κ1) is 13.9. The summed E-state index contributed by atoms with van der Waals surface area (Å²) in [5.41, 5.74) is 6.68. The second-order valence-electron chi connectivity index (χ2n) is 3.95. The van der Waals surface area contributed by atoms with Crippen LogP contribution < -0.4 is 10.5 Å². The molecule has 0 unspecified atom stereocenters. The van der Waals surface area contributed by atoms with Gasteiger partial charge < -0.3 is 14.9 Å². The van der Waals surface area contributed by atoms with Crippen molar-refractivity contribution >= 4 is 11.8 Å². The molecule has 19 heavy (non-hydrogen) atoms. The predicted molar refractivity (Wildman–Crippen MR) is 74.2 cm³/mol. The van der Waals surface area contributed by atoms with Crippen molar-refractivity contribution in [2.45, 2.75) is 25.1 Å². The number of thioether (sulfide) groups is 1. The highest BCUT2D eigenvalue weighted by Gasteiger charge is 2.03. The van der Waals surface area contributed by atoms with Crippen molar-refractivity contribution in [1.29, 1.82) is 0 Å². The zero-order valence-corrected chi connectivity index (χ0v) is 11.7. The van der Waals surface area contributed by atoms with E-state index in [0.717, 1.165) is 23.5 Å². The van der Waals surface area contributed by atoms with Gasteiger partial charge in [0.05, 0.1) is 6.61 Å². The molecule has 2 aromatic rings. The van der Waals surface area contributed by atoms with Crippen LogP contribution in [0.25, 0.3) is 0 Å². The van der Waals surface area contributed by atoms with Gasteiger partial charge in [-0.25, -0.2) is 0 Å². The first-order valence-corrected chi connectivity index (χ1v) is 7.12. The van der Waals surface area contributed by atoms with Crippen LogP contribution in [0.4, 0.5) is 0 Å². The lowest BCUT2D eigenvalue weighted by atomic mass is 10.2. The van der Waals surface area contributed by atoms with E-state index in [4.69, 9.17) is 14.9 Å². The lowest BCUT2D eigenvalue weighted by Crippen LogP contribution is -2.04. The Hall–Kier alpha value is -1.53. The number of hydrogen-bond donors (Lipinski definition) is 1. The molecule has 0 saturated heterocycles. The summed E-state index contributed by atoms with van der Waals surface area (Å²) >= 11 is 1.54. The Labute approximate surface area is 116 Å². The summed E-state index contributed by atoms with van der Waals surface area (Å²) < 4.78 is 11.0. The Balaban J connectivity index is 1.69. The minimum Gasteiger partial charge on any atom is -0.493 e. The third kappa shape index (κ3) is 4.25. The van der Waals surface area contributed by atoms with Crippen LogP contribution in [0.3, 0.4) is 0 Å². The van der Waals surface area contributed by atoms with Crippen LogP contribution >= 0.6 is 11.8 Å². The first-order valence-electron chi connectivity index (χ1n) is 6.13. The Morgan fingerprint density at radius 2 is 2.16 bits per heavy atom. The van der Waals surface area contributed by atoms with E-state index in [1.165, 1.54) is 0 Å². The number of rotatable bonds is 7. The van der Waals surface area contributed by atoms with Gasteiger partial charge in [0.15, 0.2) is 0 Å². The zero-order valence-electron chi connectivity index (χ0n) is 10.8. The lowest BCUT2D eigenvalue weighted by molar-refractivity contribution is 0.315. The van der Waals surface area contributed by atoms with Gasteiger partial charge in [-0.05, 0) is 12.5 Å². The minimum atomic E-state index is 0.492. The van der Waals surface area contributed by atoms with Gasteiger partial charge in [0.1, 0.15) is 5.75 Å². The second-order valence-corrected chi connectivity index (χ2v) is 5.00. The molecule has 0 atom stereocenters. The molecule has 5 nitrogen and oxygen atoms in total. The Bertz CT molecular complexity index is 516. The van der Waals surface area contributed by atoms with E-state index in [-0.39, 0.29) is 0 Å². The van der Waals surface area contributed by atoms with E-state index in [2.05, 4.69) is 10.2 Å². The van der Waals surface area contributed by atoms with Crippen LogP contribution in [0, 0.1) is 6.92 Å². The van der Waals surface area contributed by atoms with Gasteiger partial charge in [0, 0.05) is 24.8 Å². The quantitative estimate of drug-likeness (QED) is 0.619. The van der Waals surface area contributed by atoms with Gasteiger partial charge in [-0.3, -0.25) is 0 Å². The molecular formula is C13H17N3O2S. The van der Waals surface area contributed by atoms with Gasteiger partial charge in [-0.15, -0.1) is 10.2 Å². The monoisotopic (exact) mass is 279 g/mol. The number of hydrogen-bond acceptors (Lipinski definition) is 6. The number of nitrogens with zero attached hydrogens (tertiary/aromatic N) is 2. The van der Waals surface area contributed by atoms with Crippen LogP contribution in [0.2, 0.25) is 0 Å². The van der Waals surface area contributed by atoms with Crippen molar-refractivity contribution in [3.05, 3.63) is 35.7 Å². The maximum absolute atomic E-state index is 5.71. The van der Waals surface area contributed by atoms with Gasteiger partial charge in [0.2, 0.25) is 5.89 Å². The van der Waals surface area contributed by atoms with Crippen LogP contribution in [0.5, 0.6) is 5.75 Å². The summed E-state index contributed by atoms with van der Waals surface area (Å²) in [6.07, 6.45) is 0.908. The molecule has 1 heterocycles. The molecule has 1 aromatic carbocycles. The summed E-state index contributed by atoms with van der Waals surface area (Å²) in [5, 5.41) is 8.30. The van der Waals surface area contributed by atoms with E-state index in [9.17, 15) is 0 Å². The number of nitrogens with two attached hydrogens (primary N) is 1. The third-order valence-electron chi connectivity index (χ3n) is 2.47. The number of benzene rings is 1. The van der Waals surface area contributed by atoms with Crippen molar-refractivity contribution < 1.29 is 9.15 Å². The molecule has 0 saturated carbocycles. The second kappa shape index (κ2) is 7.16. The molecule has 0 bridgehead atoms. The average molecular weight is 279 g/mol. The minimum absolute atomic E-state index is 0.492. The van der Waals surface area contributed by atoms with Crippen LogP contribution in [0.15, 0.2) is 33.9 Å². The zero-order chi connectivity index (χ0) is 13.5. The largest absolute Gasteiger partial charge is 0.493 e. The molecule has 0 radical (unpaired) electrons. The molecule has 6 heteroatoms. The summed E-state index contributed by atoms with van der Waals surface area (Å²) in [7, 11) is 0. The number of ether oxygens (including phenoxy) is 1. The maximum Gasteiger partial charge on any atom is 0.276 e. The fraction of sp³-hybridized carbons (Fsp3) is 0.385. The van der Waals surface area contributed by atoms with Crippen LogP contribution in [0.1, 0.15) is 17.9 Å². The Morgan fingerprint density at radius 3 is 2.89 bits per heavy atom. The number of aryl methyl sites for hydroxylation is 1. The predicted octanol–water partition coefficient (Wildman–Crippen LogP) is 2.40. The molecule has 1 aromatic heterocycles. The molecule has 2 rings (SSSR count). The normalized spacial score (nSPS) is 10.6. The molecule has 2 N–H and O–H groups in total. The lowest BCUT2D eigenvalue weighted by Gasteiger charge is -2.09. The highest BCUT2D eigenvalue weighted by Crippen LogP contribution is 2.19. The molecule has 0 fully saturated rings. The van der Waals surface area contributed by atoms with Crippen molar-refractivity contribution in [2.75, 3.05) is 12.4 Å². The first-order chi connectivity index (χ1) is 9.29. The van der Waals surface area contributed by atoms with E-state index >= 15 is 0 Å². The topological polar surface area (TPSA) is 74.2 Å². The van der Waals surface area contributed by atoms with Crippen molar-refractivity contribution in [2.24, 2.45) is 5.73 Å². The van der Waals surface area contributed by atoms with E-state index < -0.39 is 0 Å². The standard InChI is InChI=1S/C13H17N3O2S/c1-10-15-16-13(18-10)19-8-4-7-17-12-6-3-2-5-11(12)9-14/h2-3,5-6H,4,7-9,14H2,1H3. The third-order valence-corrected chi connectivity index (χ3v) is 3.38. The average Bonchev–Trinajstić information content (AvgIpc) is 2.84. The number of para-hydroxylation sites is 1. The number of aromatic nitrogens is 2. The van der Waals surface area contributed by atoms with Gasteiger partial charge >= 0.3 is 0 Å². The summed E-state index contributed by atoms with van der Waals surface area (Å²) in [6, 6.07) is 7.83. The molecule has 0 spiro atoms. The van der Waals surface area contributed by atoms with E-state index in [0.29, 0.717) is 24.3 Å². The fourth-order valence-electron chi connectivity index (χ4n) is 1.55. The Kier molecular flexibility index (Phi) is 5.23. The van der Waals surface area contributed by atoms with Crippen molar-refractivity contribution in [3.8, 4) is 5.75 Å². The molecular weight excluding hydrogens is 262 g/mol. The van der Waals surface area contributed by atoms with Crippen molar-refractivity contribution in [1.82, 2.24) is 10.2 Å². The summed E-state index contributed by atoms with van der Waals surface area (Å²) in [5.74, 6) is 2.34. The van der Waals surface area contributed by atoms with Gasteiger partial charge in [-0.1, -0.05) is 30.0 Å². The maximum atomic E-state index is 5.71. The van der Waals surface area contributed by atoms with Crippen LogP contribution in [-0.4, -0.2) is 22.6 Å². The smallest absolute Gasteiger partial charge is 0.276 e. The molecule has 0 aliphatic rings. The molecule has 0 aliphatic heterocycles. The highest BCUT2D eigenvalue weighted by atomic mass is 32.2. The molecule has 0 aliphatic carbocycles. The summed E-state index contributed by atoms with van der Waals surface area (Å²) in [6.45, 7) is 2.92. The fourth-order valence-corrected chi connectivity index (χ4v) is 2.27.